The average molecular weight is 423 g/mol. The van der Waals surface area contributed by atoms with Crippen molar-refractivity contribution in [1.82, 2.24) is 4.57 Å². The van der Waals surface area contributed by atoms with Crippen molar-refractivity contribution in [2.75, 3.05) is 12.0 Å². The summed E-state index contributed by atoms with van der Waals surface area (Å²) in [7, 11) is 1.69. The van der Waals surface area contributed by atoms with Gasteiger partial charge in [0.1, 0.15) is 11.5 Å². The Morgan fingerprint density at radius 3 is 2.40 bits per heavy atom. The monoisotopic (exact) mass is 422 g/mol. The van der Waals surface area contributed by atoms with Crippen molar-refractivity contribution in [1.29, 1.82) is 0 Å². The zero-order chi connectivity index (χ0) is 22.2. The third-order valence-electron chi connectivity index (χ3n) is 5.40. The van der Waals surface area contributed by atoms with E-state index in [2.05, 4.69) is 51.1 Å². The predicted molar refractivity (Wildman–Crippen MR) is 131 cm³/mol. The molecule has 0 saturated carbocycles. The van der Waals surface area contributed by atoms with Crippen LogP contribution in [0.3, 0.4) is 0 Å². The van der Waals surface area contributed by atoms with Crippen molar-refractivity contribution in [3.05, 3.63) is 60.3 Å². The molecule has 3 aromatic rings. The van der Waals surface area contributed by atoms with Gasteiger partial charge < -0.3 is 19.3 Å². The number of nitrogens with zero attached hydrogens (tertiary/aromatic N) is 2. The van der Waals surface area contributed by atoms with Gasteiger partial charge in [-0.05, 0) is 74.2 Å². The van der Waals surface area contributed by atoms with Gasteiger partial charge in [0.05, 0.1) is 23.3 Å². The number of benzene rings is 2. The third kappa shape index (κ3) is 3.82. The van der Waals surface area contributed by atoms with Gasteiger partial charge in [-0.15, -0.1) is 0 Å². The summed E-state index contributed by atoms with van der Waals surface area (Å²) in [6.07, 6.45) is 2.08. The molecule has 0 unspecified atom stereocenters. The van der Waals surface area contributed by atoms with E-state index in [1.54, 1.807) is 13.2 Å². The molecule has 0 bridgehead atoms. The second-order valence-corrected chi connectivity index (χ2v) is 8.69. The largest absolute Gasteiger partial charge is 0.508 e. The molecule has 3 rings (SSSR count). The van der Waals surface area contributed by atoms with Crippen LogP contribution in [-0.2, 0) is 0 Å². The number of aromatic nitrogens is 1. The van der Waals surface area contributed by atoms with Gasteiger partial charge in [-0.25, -0.2) is 0 Å². The normalized spacial score (nSPS) is 11.3. The Kier molecular flexibility index (Phi) is 6.22. The lowest BCUT2D eigenvalue weighted by Gasteiger charge is -2.28. The first-order chi connectivity index (χ1) is 14.2. The Bertz CT molecular complexity index is 1110. The van der Waals surface area contributed by atoms with E-state index >= 15 is 0 Å². The Morgan fingerprint density at radius 1 is 1.13 bits per heavy atom. The first-order valence-corrected chi connectivity index (χ1v) is 10.6. The minimum atomic E-state index is 0.201. The number of phenols is 1. The zero-order valence-electron chi connectivity index (χ0n) is 18.6. The van der Waals surface area contributed by atoms with Crippen molar-refractivity contribution in [2.45, 2.75) is 46.6 Å². The van der Waals surface area contributed by atoms with Crippen LogP contribution in [0.2, 0.25) is 0 Å². The van der Waals surface area contributed by atoms with E-state index in [9.17, 15) is 5.11 Å². The lowest BCUT2D eigenvalue weighted by molar-refractivity contribution is 0.416. The number of methoxy groups -OCH3 is 1. The molecule has 0 atom stereocenters. The molecule has 5 heteroatoms. The minimum Gasteiger partial charge on any atom is -0.508 e. The average Bonchev–Trinajstić information content (AvgIpc) is 3.14. The quantitative estimate of drug-likeness (QED) is 0.439. The molecule has 0 aliphatic rings. The predicted octanol–water partition coefficient (Wildman–Crippen LogP) is 6.88. The summed E-state index contributed by atoms with van der Waals surface area (Å²) in [4.78, 5) is 2.70. The molecule has 0 saturated heterocycles. The lowest BCUT2D eigenvalue weighted by Crippen LogP contribution is -2.25. The summed E-state index contributed by atoms with van der Waals surface area (Å²) in [5.74, 6) is 1.33. The molecule has 0 spiro atoms. The summed E-state index contributed by atoms with van der Waals surface area (Å²) in [5.41, 5.74) is 4.58. The molecule has 2 aromatic carbocycles. The summed E-state index contributed by atoms with van der Waals surface area (Å²) in [5, 5.41) is 11.3. The number of ether oxygens (including phenoxy) is 1. The molecule has 30 heavy (non-hydrogen) atoms. The number of thiocarbonyl (C=S) groups is 1. The Hall–Kier alpha value is -2.79. The van der Waals surface area contributed by atoms with E-state index in [1.165, 1.54) is 0 Å². The standard InChI is InChI=1S/C25H30N2O2S/c1-15(2)21-14-19(8-10-23(21)28)17(5)27(18(6)30)22-9-11-24(29-7)25-20(22)12-13-26(25)16(3)4/h8-16,28H,5H2,1-4,6-7H3. The highest BCUT2D eigenvalue weighted by Gasteiger charge is 2.21. The van der Waals surface area contributed by atoms with Gasteiger partial charge in [0.15, 0.2) is 0 Å². The van der Waals surface area contributed by atoms with Crippen LogP contribution in [0.25, 0.3) is 16.6 Å². The Morgan fingerprint density at radius 2 is 1.83 bits per heavy atom. The highest BCUT2D eigenvalue weighted by atomic mass is 32.1. The highest BCUT2D eigenvalue weighted by Crippen LogP contribution is 2.39. The van der Waals surface area contributed by atoms with Crippen molar-refractivity contribution < 1.29 is 9.84 Å². The van der Waals surface area contributed by atoms with E-state index in [-0.39, 0.29) is 5.92 Å². The fourth-order valence-corrected chi connectivity index (χ4v) is 4.07. The molecule has 0 amide bonds. The van der Waals surface area contributed by atoms with Crippen LogP contribution < -0.4 is 9.64 Å². The van der Waals surface area contributed by atoms with Gasteiger partial charge in [0.25, 0.3) is 0 Å². The lowest BCUT2D eigenvalue weighted by atomic mass is 9.98. The van der Waals surface area contributed by atoms with Crippen LogP contribution in [0.15, 0.2) is 49.2 Å². The summed E-state index contributed by atoms with van der Waals surface area (Å²) in [6, 6.07) is 12.0. The molecule has 1 heterocycles. The highest BCUT2D eigenvalue weighted by molar-refractivity contribution is 7.80. The molecule has 0 fully saturated rings. The molecule has 158 valence electrons. The van der Waals surface area contributed by atoms with E-state index in [0.29, 0.717) is 16.8 Å². The van der Waals surface area contributed by atoms with Gasteiger partial charge in [0.2, 0.25) is 0 Å². The molecule has 1 N–H and O–H groups in total. The van der Waals surface area contributed by atoms with Crippen LogP contribution in [0.1, 0.15) is 57.7 Å². The first-order valence-electron chi connectivity index (χ1n) is 10.2. The smallest absolute Gasteiger partial charge is 0.143 e. The second-order valence-electron chi connectivity index (χ2n) is 8.10. The number of aromatic hydroxyl groups is 1. The number of anilines is 1. The summed E-state index contributed by atoms with van der Waals surface area (Å²) in [6.45, 7) is 14.7. The molecular weight excluding hydrogens is 392 g/mol. The van der Waals surface area contributed by atoms with Crippen LogP contribution in [0, 0.1) is 0 Å². The Labute approximate surface area is 184 Å². The maximum Gasteiger partial charge on any atom is 0.143 e. The van der Waals surface area contributed by atoms with E-state index in [0.717, 1.165) is 39.2 Å². The van der Waals surface area contributed by atoms with Gasteiger partial charge in [0, 0.05) is 23.3 Å². The van der Waals surface area contributed by atoms with Gasteiger partial charge in [-0.2, -0.15) is 0 Å². The van der Waals surface area contributed by atoms with Crippen LogP contribution in [0.4, 0.5) is 5.69 Å². The summed E-state index contributed by atoms with van der Waals surface area (Å²) < 4.78 is 7.85. The van der Waals surface area contributed by atoms with Crippen LogP contribution >= 0.6 is 12.2 Å². The van der Waals surface area contributed by atoms with E-state index in [4.69, 9.17) is 17.0 Å². The summed E-state index contributed by atoms with van der Waals surface area (Å²) >= 11 is 5.65. The van der Waals surface area contributed by atoms with Crippen molar-refractivity contribution in [3.63, 3.8) is 0 Å². The number of rotatable bonds is 6. The van der Waals surface area contributed by atoms with Gasteiger partial charge >= 0.3 is 0 Å². The molecule has 0 aliphatic carbocycles. The molecule has 0 radical (unpaired) electrons. The van der Waals surface area contributed by atoms with E-state index in [1.807, 2.05) is 36.1 Å². The van der Waals surface area contributed by atoms with Gasteiger partial charge in [-0.3, -0.25) is 0 Å². The molecule has 0 aliphatic heterocycles. The fraction of sp³-hybridized carbons (Fsp3) is 0.320. The first kappa shape index (κ1) is 21.9. The number of hydrogen-bond acceptors (Lipinski definition) is 3. The molecule has 4 nitrogen and oxygen atoms in total. The Balaban J connectivity index is 2.19. The van der Waals surface area contributed by atoms with Crippen LogP contribution in [0.5, 0.6) is 11.5 Å². The zero-order valence-corrected chi connectivity index (χ0v) is 19.4. The maximum absolute atomic E-state index is 10.2. The van der Waals surface area contributed by atoms with E-state index < -0.39 is 0 Å². The minimum absolute atomic E-state index is 0.201. The number of phenolic OH excluding ortho intramolecular Hbond substituents is 1. The van der Waals surface area contributed by atoms with Crippen molar-refractivity contribution in [3.8, 4) is 11.5 Å². The topological polar surface area (TPSA) is 37.6 Å². The fourth-order valence-electron chi connectivity index (χ4n) is 3.86. The van der Waals surface area contributed by atoms with Gasteiger partial charge in [-0.1, -0.05) is 32.6 Å². The number of fused-ring (bicyclic) bond motifs is 1. The molecular formula is C25H30N2O2S. The van der Waals surface area contributed by atoms with Crippen molar-refractivity contribution >= 4 is 39.5 Å². The second kappa shape index (κ2) is 8.52. The third-order valence-corrected chi connectivity index (χ3v) is 5.58. The van der Waals surface area contributed by atoms with Crippen LogP contribution in [-0.4, -0.2) is 21.8 Å². The SMILES string of the molecule is C=C(c1ccc(O)c(C(C)C)c1)N(C(C)=S)c1ccc(OC)c2c1ccn2C(C)C. The van der Waals surface area contributed by atoms with Crippen molar-refractivity contribution in [2.24, 2.45) is 0 Å². The molecule has 1 aromatic heterocycles. The number of hydrogen-bond donors (Lipinski definition) is 1. The maximum atomic E-state index is 10.2.